The second-order valence-electron chi connectivity index (χ2n) is 4.03. The summed E-state index contributed by atoms with van der Waals surface area (Å²) in [5, 5.41) is 24.2. The molecule has 78 valence electrons. The molecule has 0 amide bonds. The Hall–Kier alpha value is -0.870. The molecule has 0 aliphatic heterocycles. The maximum atomic E-state index is 10.4. The van der Waals surface area contributed by atoms with E-state index < -0.39 is 11.7 Å². The van der Waals surface area contributed by atoms with Crippen LogP contribution in [0.5, 0.6) is 0 Å². The molecule has 2 atom stereocenters. The minimum Gasteiger partial charge on any atom is -0.390 e. The van der Waals surface area contributed by atoms with E-state index in [1.807, 2.05) is 0 Å². The monoisotopic (exact) mass is 196 g/mol. The maximum Gasteiger partial charge on any atom is 0.132 e. The van der Waals surface area contributed by atoms with E-state index in [2.05, 4.69) is 5.10 Å². The first-order valence-corrected chi connectivity index (χ1v) is 5.03. The van der Waals surface area contributed by atoms with Crippen LogP contribution in [0.25, 0.3) is 0 Å². The van der Waals surface area contributed by atoms with Crippen molar-refractivity contribution in [3.63, 3.8) is 0 Å². The van der Waals surface area contributed by atoms with Gasteiger partial charge in [-0.2, -0.15) is 5.10 Å². The molecule has 0 unspecified atom stereocenters. The molecule has 1 fully saturated rings. The van der Waals surface area contributed by atoms with Crippen molar-refractivity contribution >= 4 is 0 Å². The molecule has 0 aromatic carbocycles. The van der Waals surface area contributed by atoms with E-state index in [0.29, 0.717) is 18.5 Å². The quantitative estimate of drug-likeness (QED) is 0.689. The molecule has 2 rings (SSSR count). The summed E-state index contributed by atoms with van der Waals surface area (Å²) in [7, 11) is 1.79. The summed E-state index contributed by atoms with van der Waals surface area (Å²) in [6.07, 6.45) is 4.22. The van der Waals surface area contributed by atoms with E-state index in [-0.39, 0.29) is 0 Å². The number of hydrogen-bond donors (Lipinski definition) is 2. The fraction of sp³-hybridized carbons (Fsp3) is 0.700. The molecule has 1 aliphatic carbocycles. The molecule has 0 saturated heterocycles. The summed E-state index contributed by atoms with van der Waals surface area (Å²) in [6, 6.07) is 1.77. The minimum absolute atomic E-state index is 0.619. The van der Waals surface area contributed by atoms with Gasteiger partial charge in [0.1, 0.15) is 5.60 Å². The van der Waals surface area contributed by atoms with Crippen LogP contribution >= 0.6 is 0 Å². The summed E-state index contributed by atoms with van der Waals surface area (Å²) in [5.74, 6) is 0. The van der Waals surface area contributed by atoms with Crippen molar-refractivity contribution in [1.29, 1.82) is 0 Å². The fourth-order valence-corrected chi connectivity index (χ4v) is 2.23. The maximum absolute atomic E-state index is 10.4. The molecule has 4 nitrogen and oxygen atoms in total. The molecule has 1 saturated carbocycles. The van der Waals surface area contributed by atoms with Gasteiger partial charge in [-0.3, -0.25) is 4.68 Å². The Bertz CT molecular complexity index is 324. The normalized spacial score (nSPS) is 33.2. The van der Waals surface area contributed by atoms with Crippen LogP contribution in [0, 0.1) is 0 Å². The molecule has 1 aromatic rings. The lowest BCUT2D eigenvalue weighted by atomic mass is 9.80. The smallest absolute Gasteiger partial charge is 0.132 e. The molecule has 14 heavy (non-hydrogen) atoms. The van der Waals surface area contributed by atoms with Gasteiger partial charge < -0.3 is 10.2 Å². The van der Waals surface area contributed by atoms with Crippen LogP contribution in [-0.4, -0.2) is 26.1 Å². The van der Waals surface area contributed by atoms with Crippen LogP contribution in [0.4, 0.5) is 0 Å². The van der Waals surface area contributed by atoms with Gasteiger partial charge in [0.05, 0.1) is 11.8 Å². The van der Waals surface area contributed by atoms with E-state index in [0.717, 1.165) is 12.8 Å². The third kappa shape index (κ3) is 1.35. The van der Waals surface area contributed by atoms with Crippen molar-refractivity contribution in [3.05, 3.63) is 18.0 Å². The zero-order chi connectivity index (χ0) is 10.2. The predicted molar refractivity (Wildman–Crippen MR) is 51.6 cm³/mol. The summed E-state index contributed by atoms with van der Waals surface area (Å²) < 4.78 is 1.63. The molecular formula is C10H16N2O2. The second kappa shape index (κ2) is 3.37. The zero-order valence-electron chi connectivity index (χ0n) is 8.35. The standard InChI is InChI=1S/C10H16N2O2/c1-12-8(5-7-11-12)10(14)6-3-2-4-9(10)13/h5,7,9,13-14H,2-4,6H2,1H3/t9-,10-/m1/s1. The van der Waals surface area contributed by atoms with E-state index >= 15 is 0 Å². The van der Waals surface area contributed by atoms with Gasteiger partial charge in [0.15, 0.2) is 0 Å². The average molecular weight is 196 g/mol. The Morgan fingerprint density at radius 2 is 2.36 bits per heavy atom. The zero-order valence-corrected chi connectivity index (χ0v) is 8.35. The Morgan fingerprint density at radius 3 is 2.93 bits per heavy atom. The number of aliphatic hydroxyl groups is 2. The van der Waals surface area contributed by atoms with Crippen LogP contribution in [0.15, 0.2) is 12.3 Å². The topological polar surface area (TPSA) is 58.3 Å². The van der Waals surface area contributed by atoms with Crippen LogP contribution in [-0.2, 0) is 12.6 Å². The lowest BCUT2D eigenvalue weighted by Crippen LogP contribution is -2.43. The van der Waals surface area contributed by atoms with E-state index in [1.54, 1.807) is 24.0 Å². The third-order valence-electron chi connectivity index (χ3n) is 3.10. The van der Waals surface area contributed by atoms with E-state index in [9.17, 15) is 10.2 Å². The van der Waals surface area contributed by atoms with Crippen LogP contribution in [0.3, 0.4) is 0 Å². The van der Waals surface area contributed by atoms with Gasteiger partial charge in [-0.15, -0.1) is 0 Å². The molecule has 2 N–H and O–H groups in total. The first-order valence-electron chi connectivity index (χ1n) is 5.03. The number of aromatic nitrogens is 2. The molecule has 0 spiro atoms. The van der Waals surface area contributed by atoms with E-state index in [4.69, 9.17) is 0 Å². The number of rotatable bonds is 1. The third-order valence-corrected chi connectivity index (χ3v) is 3.10. The van der Waals surface area contributed by atoms with Gasteiger partial charge in [0, 0.05) is 13.2 Å². The lowest BCUT2D eigenvalue weighted by molar-refractivity contribution is -0.110. The van der Waals surface area contributed by atoms with Gasteiger partial charge in [-0.05, 0) is 25.3 Å². The molecular weight excluding hydrogens is 180 g/mol. The number of aliphatic hydroxyl groups excluding tert-OH is 1. The van der Waals surface area contributed by atoms with Crippen molar-refractivity contribution in [2.45, 2.75) is 37.4 Å². The second-order valence-corrected chi connectivity index (χ2v) is 4.03. The minimum atomic E-state index is -1.09. The van der Waals surface area contributed by atoms with Crippen molar-refractivity contribution in [1.82, 2.24) is 9.78 Å². The van der Waals surface area contributed by atoms with Gasteiger partial charge in [0.25, 0.3) is 0 Å². The number of aryl methyl sites for hydroxylation is 1. The molecule has 0 radical (unpaired) electrons. The Kier molecular flexibility index (Phi) is 2.33. The van der Waals surface area contributed by atoms with Crippen molar-refractivity contribution in [2.75, 3.05) is 0 Å². The van der Waals surface area contributed by atoms with Gasteiger partial charge in [0.2, 0.25) is 0 Å². The van der Waals surface area contributed by atoms with Gasteiger partial charge >= 0.3 is 0 Å². The van der Waals surface area contributed by atoms with Crippen molar-refractivity contribution < 1.29 is 10.2 Å². The van der Waals surface area contributed by atoms with Gasteiger partial charge in [-0.1, -0.05) is 6.42 Å². The summed E-state index contributed by atoms with van der Waals surface area (Å²) in [6.45, 7) is 0. The Balaban J connectivity index is 2.34. The molecule has 1 heterocycles. The molecule has 4 heteroatoms. The van der Waals surface area contributed by atoms with Crippen LogP contribution in [0.1, 0.15) is 31.4 Å². The number of hydrogen-bond acceptors (Lipinski definition) is 3. The largest absolute Gasteiger partial charge is 0.390 e. The number of nitrogens with zero attached hydrogens (tertiary/aromatic N) is 2. The molecule has 1 aliphatic rings. The van der Waals surface area contributed by atoms with Crippen molar-refractivity contribution in [2.24, 2.45) is 7.05 Å². The summed E-state index contributed by atoms with van der Waals surface area (Å²) in [5.41, 5.74) is -0.381. The lowest BCUT2D eigenvalue weighted by Gasteiger charge is -2.36. The SMILES string of the molecule is Cn1nccc1[C@]1(O)CCCC[C@H]1O. The Morgan fingerprint density at radius 1 is 1.57 bits per heavy atom. The Labute approximate surface area is 83.2 Å². The highest BCUT2D eigenvalue weighted by Crippen LogP contribution is 2.36. The van der Waals surface area contributed by atoms with Crippen molar-refractivity contribution in [3.8, 4) is 0 Å². The highest BCUT2D eigenvalue weighted by atomic mass is 16.3. The first-order chi connectivity index (χ1) is 6.64. The average Bonchev–Trinajstić information content (AvgIpc) is 2.57. The predicted octanol–water partition coefficient (Wildman–Crippen LogP) is 0.543. The summed E-state index contributed by atoms with van der Waals surface area (Å²) in [4.78, 5) is 0. The molecule has 1 aromatic heterocycles. The van der Waals surface area contributed by atoms with Gasteiger partial charge in [-0.25, -0.2) is 0 Å². The van der Waals surface area contributed by atoms with Crippen LogP contribution in [0.2, 0.25) is 0 Å². The summed E-state index contributed by atoms with van der Waals surface area (Å²) >= 11 is 0. The fourth-order valence-electron chi connectivity index (χ4n) is 2.23. The van der Waals surface area contributed by atoms with E-state index in [1.165, 1.54) is 0 Å². The van der Waals surface area contributed by atoms with Crippen LogP contribution < -0.4 is 0 Å². The highest BCUT2D eigenvalue weighted by Gasteiger charge is 2.41. The highest BCUT2D eigenvalue weighted by molar-refractivity contribution is 5.15. The first kappa shape index (κ1) is 9.68. The molecule has 0 bridgehead atoms.